The Labute approximate surface area is 294 Å². The quantitative estimate of drug-likeness (QED) is 0.186. The Balaban J connectivity index is 1.17. The van der Waals surface area contributed by atoms with Crippen LogP contribution in [0.3, 0.4) is 0 Å². The molecule has 0 N–H and O–H groups in total. The van der Waals surface area contributed by atoms with Gasteiger partial charge in [0.25, 0.3) is 0 Å². The van der Waals surface area contributed by atoms with Gasteiger partial charge in [-0.2, -0.15) is 0 Å². The van der Waals surface area contributed by atoms with Gasteiger partial charge in [0.15, 0.2) is 17.5 Å². The summed E-state index contributed by atoms with van der Waals surface area (Å²) in [6.45, 7) is 0. The van der Waals surface area contributed by atoms with Crippen molar-refractivity contribution >= 4 is 43.5 Å². The highest BCUT2D eigenvalue weighted by Gasteiger charge is 2.19. The second-order valence-electron chi connectivity index (χ2n) is 12.8. The first kappa shape index (κ1) is 29.0. The fourth-order valence-corrected chi connectivity index (χ4v) is 7.26. The lowest BCUT2D eigenvalue weighted by atomic mass is 9.93. The molecule has 2 aromatic heterocycles. The third-order valence-corrected chi connectivity index (χ3v) is 9.75. The Hall–Kier alpha value is -6.91. The SMILES string of the molecule is c1ccc(-c2nc(-c3ccccc3-c3ccc4oc5ccccc5c4c3)nc(-c3ccc(-c4ccc5ccccc5c4)c4ccccc34)n2)cc1. The molecule has 2 heterocycles. The van der Waals surface area contributed by atoms with Crippen molar-refractivity contribution in [2.24, 2.45) is 0 Å². The first-order valence-corrected chi connectivity index (χ1v) is 17.1. The van der Waals surface area contributed by atoms with E-state index in [1.54, 1.807) is 0 Å². The Morgan fingerprint density at radius 2 is 0.863 bits per heavy atom. The first-order chi connectivity index (χ1) is 25.3. The second-order valence-corrected chi connectivity index (χ2v) is 12.8. The highest BCUT2D eigenvalue weighted by molar-refractivity contribution is 6.07. The van der Waals surface area contributed by atoms with Crippen molar-refractivity contribution in [2.45, 2.75) is 0 Å². The number of hydrogen-bond acceptors (Lipinski definition) is 4. The molecule has 0 unspecified atom stereocenters. The van der Waals surface area contributed by atoms with Crippen LogP contribution in [-0.2, 0) is 0 Å². The minimum atomic E-state index is 0.620. The van der Waals surface area contributed by atoms with Crippen LogP contribution in [0.15, 0.2) is 180 Å². The monoisotopic (exact) mass is 651 g/mol. The summed E-state index contributed by atoms with van der Waals surface area (Å²) >= 11 is 0. The highest BCUT2D eigenvalue weighted by Crippen LogP contribution is 2.39. The molecule has 0 aliphatic heterocycles. The lowest BCUT2D eigenvalue weighted by Gasteiger charge is -2.14. The number of aromatic nitrogens is 3. The number of nitrogens with zero attached hydrogens (tertiary/aromatic N) is 3. The maximum absolute atomic E-state index is 6.15. The summed E-state index contributed by atoms with van der Waals surface area (Å²) in [6.07, 6.45) is 0. The summed E-state index contributed by atoms with van der Waals surface area (Å²) in [7, 11) is 0. The van der Waals surface area contributed by atoms with Gasteiger partial charge in [-0.3, -0.25) is 0 Å². The molecule has 4 nitrogen and oxygen atoms in total. The molecule has 4 heteroatoms. The smallest absolute Gasteiger partial charge is 0.164 e. The molecular formula is C47H29N3O. The first-order valence-electron chi connectivity index (χ1n) is 17.1. The van der Waals surface area contributed by atoms with Gasteiger partial charge in [-0.1, -0.05) is 146 Å². The van der Waals surface area contributed by atoms with E-state index in [0.717, 1.165) is 60.5 Å². The molecule has 10 rings (SSSR count). The average molecular weight is 652 g/mol. The third kappa shape index (κ3) is 5.04. The van der Waals surface area contributed by atoms with E-state index in [0.29, 0.717) is 17.5 Å². The van der Waals surface area contributed by atoms with E-state index >= 15 is 0 Å². The minimum Gasteiger partial charge on any atom is -0.456 e. The van der Waals surface area contributed by atoms with Crippen molar-refractivity contribution in [3.05, 3.63) is 176 Å². The van der Waals surface area contributed by atoms with Crippen LogP contribution in [0.4, 0.5) is 0 Å². The van der Waals surface area contributed by atoms with E-state index in [4.69, 9.17) is 19.4 Å². The average Bonchev–Trinajstić information content (AvgIpc) is 3.58. The number of furan rings is 1. The number of para-hydroxylation sites is 1. The Bertz CT molecular complexity index is 2930. The molecule has 0 saturated carbocycles. The number of benzene rings is 8. The summed E-state index contributed by atoms with van der Waals surface area (Å²) in [5.74, 6) is 1.88. The predicted octanol–water partition coefficient (Wildman–Crippen LogP) is 12.4. The molecule has 0 saturated heterocycles. The van der Waals surface area contributed by atoms with Crippen LogP contribution in [0.2, 0.25) is 0 Å². The Morgan fingerprint density at radius 1 is 0.294 bits per heavy atom. The van der Waals surface area contributed by atoms with Crippen molar-refractivity contribution in [1.29, 1.82) is 0 Å². The van der Waals surface area contributed by atoms with Crippen molar-refractivity contribution in [3.63, 3.8) is 0 Å². The zero-order chi connectivity index (χ0) is 33.7. The van der Waals surface area contributed by atoms with E-state index in [1.165, 1.54) is 21.9 Å². The van der Waals surface area contributed by atoms with Crippen molar-refractivity contribution < 1.29 is 4.42 Å². The van der Waals surface area contributed by atoms with Crippen molar-refractivity contribution in [3.8, 4) is 56.4 Å². The molecular weight excluding hydrogens is 623 g/mol. The van der Waals surface area contributed by atoms with Crippen molar-refractivity contribution in [2.75, 3.05) is 0 Å². The minimum absolute atomic E-state index is 0.620. The number of hydrogen-bond donors (Lipinski definition) is 0. The summed E-state index contributed by atoms with van der Waals surface area (Å²) < 4.78 is 6.15. The van der Waals surface area contributed by atoms with Gasteiger partial charge in [-0.15, -0.1) is 0 Å². The maximum atomic E-state index is 6.15. The van der Waals surface area contributed by atoms with Crippen LogP contribution in [0, 0.1) is 0 Å². The van der Waals surface area contributed by atoms with E-state index in [2.05, 4.69) is 121 Å². The van der Waals surface area contributed by atoms with E-state index < -0.39 is 0 Å². The summed E-state index contributed by atoms with van der Waals surface area (Å²) in [5.41, 5.74) is 9.02. The van der Waals surface area contributed by atoms with Gasteiger partial charge < -0.3 is 4.42 Å². The lowest BCUT2D eigenvalue weighted by Crippen LogP contribution is -2.01. The van der Waals surface area contributed by atoms with Crippen molar-refractivity contribution in [1.82, 2.24) is 15.0 Å². The fourth-order valence-electron chi connectivity index (χ4n) is 7.26. The molecule has 0 aliphatic carbocycles. The largest absolute Gasteiger partial charge is 0.456 e. The topological polar surface area (TPSA) is 51.8 Å². The van der Waals surface area contributed by atoms with E-state index in [-0.39, 0.29) is 0 Å². The van der Waals surface area contributed by atoms with Crippen LogP contribution in [0.5, 0.6) is 0 Å². The zero-order valence-electron chi connectivity index (χ0n) is 27.5. The predicted molar refractivity (Wildman–Crippen MR) is 209 cm³/mol. The van der Waals surface area contributed by atoms with Crippen LogP contribution < -0.4 is 0 Å². The number of rotatable bonds is 5. The zero-order valence-corrected chi connectivity index (χ0v) is 27.5. The second kappa shape index (κ2) is 11.9. The molecule has 0 spiro atoms. The normalized spacial score (nSPS) is 11.5. The van der Waals surface area contributed by atoms with Crippen LogP contribution >= 0.6 is 0 Å². The fraction of sp³-hybridized carbons (Fsp3) is 0. The summed E-state index contributed by atoms with van der Waals surface area (Å²) in [6, 6.07) is 61.1. The van der Waals surface area contributed by atoms with Gasteiger partial charge in [-0.05, 0) is 74.1 Å². The van der Waals surface area contributed by atoms with Gasteiger partial charge in [0, 0.05) is 27.5 Å². The molecule has 0 fully saturated rings. The summed E-state index contributed by atoms with van der Waals surface area (Å²) in [4.78, 5) is 15.5. The summed E-state index contributed by atoms with van der Waals surface area (Å²) in [5, 5.41) is 6.86. The lowest BCUT2D eigenvalue weighted by molar-refractivity contribution is 0.669. The van der Waals surface area contributed by atoms with Gasteiger partial charge in [0.05, 0.1) is 0 Å². The molecule has 0 bridgehead atoms. The maximum Gasteiger partial charge on any atom is 0.164 e. The van der Waals surface area contributed by atoms with E-state index in [9.17, 15) is 0 Å². The van der Waals surface area contributed by atoms with Gasteiger partial charge >= 0.3 is 0 Å². The van der Waals surface area contributed by atoms with Crippen LogP contribution in [0.25, 0.3) is 99.9 Å². The molecule has 0 atom stereocenters. The van der Waals surface area contributed by atoms with Gasteiger partial charge in [-0.25, -0.2) is 15.0 Å². The van der Waals surface area contributed by atoms with Crippen LogP contribution in [0.1, 0.15) is 0 Å². The highest BCUT2D eigenvalue weighted by atomic mass is 16.3. The van der Waals surface area contributed by atoms with Crippen LogP contribution in [-0.4, -0.2) is 15.0 Å². The standard InChI is InChI=1S/C47H29N3O/c1-2-13-31(14-3-1)45-48-46(40-20-9-6-16-35(40)34-24-27-44-42(29-34)39-19-10-11-21-43(39)51-44)50-47(49-45)41-26-25-36(37-17-7-8-18-38(37)41)33-23-22-30-12-4-5-15-32(30)28-33/h1-29H. The molecule has 0 amide bonds. The van der Waals surface area contributed by atoms with E-state index in [1.807, 2.05) is 54.6 Å². The van der Waals surface area contributed by atoms with Gasteiger partial charge in [0.2, 0.25) is 0 Å². The molecule has 0 aliphatic rings. The molecule has 51 heavy (non-hydrogen) atoms. The molecule has 238 valence electrons. The molecule has 8 aromatic carbocycles. The number of fused-ring (bicyclic) bond motifs is 5. The third-order valence-electron chi connectivity index (χ3n) is 9.75. The van der Waals surface area contributed by atoms with Gasteiger partial charge in [0.1, 0.15) is 11.2 Å². The Morgan fingerprint density at radius 3 is 1.71 bits per heavy atom. The Kier molecular flexibility index (Phi) is 6.78. The molecule has 10 aromatic rings. The molecule has 0 radical (unpaired) electrons.